The fraction of sp³-hybridized carbons (Fsp3) is 0.429. The minimum atomic E-state index is -0.191. The molecule has 2 aromatic rings. The summed E-state index contributed by atoms with van der Waals surface area (Å²) in [6, 6.07) is 3.12. The Morgan fingerprint density at radius 1 is 1.35 bits per heavy atom. The Morgan fingerprint density at radius 2 is 2.06 bits per heavy atom. The smallest absolute Gasteiger partial charge is 0.125 e. The zero-order chi connectivity index (χ0) is 12.6. The summed E-state index contributed by atoms with van der Waals surface area (Å²) in [6.07, 6.45) is 3.09. The number of aromatic amines is 1. The van der Waals surface area contributed by atoms with Gasteiger partial charge in [0.05, 0.1) is 5.52 Å². The Kier molecular flexibility index (Phi) is 3.57. The van der Waals surface area contributed by atoms with Crippen molar-refractivity contribution in [3.05, 3.63) is 34.2 Å². The van der Waals surface area contributed by atoms with Crippen molar-refractivity contribution in [3.63, 3.8) is 0 Å². The van der Waals surface area contributed by atoms with Crippen molar-refractivity contribution < 1.29 is 4.39 Å². The molecule has 1 nitrogen and oxygen atoms in total. The fourth-order valence-electron chi connectivity index (χ4n) is 2.53. The Morgan fingerprint density at radius 3 is 2.65 bits per heavy atom. The van der Waals surface area contributed by atoms with Crippen LogP contribution in [-0.2, 0) is 0 Å². The van der Waals surface area contributed by atoms with Gasteiger partial charge in [-0.3, -0.25) is 0 Å². The summed E-state index contributed by atoms with van der Waals surface area (Å²) in [6.45, 7) is 6.60. The number of nitrogens with one attached hydrogen (secondary N) is 1. The molecule has 0 aliphatic heterocycles. The Hall–Kier alpha value is -0.830. The van der Waals surface area contributed by atoms with Crippen LogP contribution in [0.15, 0.2) is 22.8 Å². The number of hydrogen-bond acceptors (Lipinski definition) is 0. The maximum atomic E-state index is 13.5. The minimum Gasteiger partial charge on any atom is -0.360 e. The van der Waals surface area contributed by atoms with E-state index in [9.17, 15) is 4.39 Å². The van der Waals surface area contributed by atoms with Gasteiger partial charge in [-0.2, -0.15) is 0 Å². The molecule has 1 heterocycles. The van der Waals surface area contributed by atoms with Gasteiger partial charge in [-0.1, -0.05) is 20.8 Å². The van der Waals surface area contributed by atoms with Crippen molar-refractivity contribution >= 4 is 26.8 Å². The van der Waals surface area contributed by atoms with Crippen molar-refractivity contribution in [2.24, 2.45) is 5.92 Å². The van der Waals surface area contributed by atoms with Gasteiger partial charge in [0, 0.05) is 16.1 Å². The van der Waals surface area contributed by atoms with Crippen LogP contribution in [0.2, 0.25) is 0 Å². The maximum absolute atomic E-state index is 13.5. The highest BCUT2D eigenvalue weighted by molar-refractivity contribution is 9.10. The second kappa shape index (κ2) is 4.81. The van der Waals surface area contributed by atoms with E-state index in [-0.39, 0.29) is 5.82 Å². The Balaban J connectivity index is 2.63. The molecule has 0 saturated carbocycles. The maximum Gasteiger partial charge on any atom is 0.125 e. The summed E-state index contributed by atoms with van der Waals surface area (Å²) in [7, 11) is 0. The first-order chi connectivity index (χ1) is 8.04. The molecule has 1 N–H and O–H groups in total. The van der Waals surface area contributed by atoms with Crippen molar-refractivity contribution in [1.82, 2.24) is 4.98 Å². The van der Waals surface area contributed by atoms with Crippen molar-refractivity contribution in [1.29, 1.82) is 0 Å². The number of H-pyrrole nitrogens is 1. The molecule has 92 valence electrons. The van der Waals surface area contributed by atoms with Crippen molar-refractivity contribution in [2.75, 3.05) is 0 Å². The summed E-state index contributed by atoms with van der Waals surface area (Å²) in [4.78, 5) is 3.24. The average molecular weight is 298 g/mol. The molecular weight excluding hydrogens is 281 g/mol. The second-order valence-electron chi connectivity index (χ2n) is 4.81. The molecule has 0 fully saturated rings. The number of rotatable bonds is 3. The Bertz CT molecular complexity index is 530. The van der Waals surface area contributed by atoms with E-state index in [2.05, 4.69) is 41.7 Å². The van der Waals surface area contributed by atoms with E-state index in [0.29, 0.717) is 11.8 Å². The molecule has 0 aliphatic rings. The van der Waals surface area contributed by atoms with Crippen LogP contribution in [0.5, 0.6) is 0 Å². The van der Waals surface area contributed by atoms with Crippen LogP contribution in [0.3, 0.4) is 0 Å². The topological polar surface area (TPSA) is 15.8 Å². The van der Waals surface area contributed by atoms with Crippen LogP contribution in [0, 0.1) is 11.7 Å². The van der Waals surface area contributed by atoms with Crippen molar-refractivity contribution in [2.45, 2.75) is 33.1 Å². The van der Waals surface area contributed by atoms with E-state index in [4.69, 9.17) is 0 Å². The molecule has 1 atom stereocenters. The average Bonchev–Trinajstić information content (AvgIpc) is 2.63. The summed E-state index contributed by atoms with van der Waals surface area (Å²) in [5, 5.41) is 0.998. The van der Waals surface area contributed by atoms with Crippen LogP contribution in [0.4, 0.5) is 4.39 Å². The fourth-order valence-corrected chi connectivity index (χ4v) is 3.08. The summed E-state index contributed by atoms with van der Waals surface area (Å²) in [5.41, 5.74) is 2.21. The highest BCUT2D eigenvalue weighted by atomic mass is 79.9. The molecule has 0 aliphatic carbocycles. The number of benzene rings is 1. The van der Waals surface area contributed by atoms with E-state index < -0.39 is 0 Å². The summed E-state index contributed by atoms with van der Waals surface area (Å²) >= 11 is 3.40. The van der Waals surface area contributed by atoms with Crippen LogP contribution in [0.1, 0.15) is 38.7 Å². The number of aromatic nitrogens is 1. The lowest BCUT2D eigenvalue weighted by Crippen LogP contribution is -2.04. The van der Waals surface area contributed by atoms with Gasteiger partial charge < -0.3 is 4.98 Å². The molecule has 1 aromatic heterocycles. The Labute approximate surface area is 110 Å². The number of fused-ring (bicyclic) bond motifs is 1. The van der Waals surface area contributed by atoms with Gasteiger partial charge in [0.25, 0.3) is 0 Å². The quantitative estimate of drug-likeness (QED) is 0.799. The largest absolute Gasteiger partial charge is 0.360 e. The van der Waals surface area contributed by atoms with Crippen LogP contribution in [-0.4, -0.2) is 4.98 Å². The van der Waals surface area contributed by atoms with E-state index in [1.807, 2.05) is 6.20 Å². The zero-order valence-corrected chi connectivity index (χ0v) is 11.9. The highest BCUT2D eigenvalue weighted by Crippen LogP contribution is 2.35. The van der Waals surface area contributed by atoms with Gasteiger partial charge >= 0.3 is 0 Å². The first-order valence-corrected chi connectivity index (χ1v) is 6.80. The van der Waals surface area contributed by atoms with Gasteiger partial charge in [-0.15, -0.1) is 0 Å². The molecular formula is C14H17BrFN. The molecule has 0 spiro atoms. The molecule has 1 unspecified atom stereocenters. The van der Waals surface area contributed by atoms with Gasteiger partial charge in [0.1, 0.15) is 5.82 Å². The lowest BCUT2D eigenvalue weighted by molar-refractivity contribution is 0.488. The number of hydrogen-bond donors (Lipinski definition) is 1. The standard InChI is InChI=1S/C14H17BrFN/c1-4-10(8(2)3)12-7-17-14-11(12)5-9(16)6-13(14)15/h5-8,10,17H,4H2,1-3H3. The lowest BCUT2D eigenvalue weighted by Gasteiger charge is -2.18. The van der Waals surface area contributed by atoms with E-state index in [0.717, 1.165) is 21.8 Å². The molecule has 0 saturated heterocycles. The van der Waals surface area contributed by atoms with Crippen molar-refractivity contribution in [3.8, 4) is 0 Å². The van der Waals surface area contributed by atoms with E-state index in [1.54, 1.807) is 6.07 Å². The molecule has 1 aromatic carbocycles. The van der Waals surface area contributed by atoms with Crippen LogP contribution >= 0.6 is 15.9 Å². The predicted octanol–water partition coefficient (Wildman–Crippen LogP) is 5.22. The monoisotopic (exact) mass is 297 g/mol. The SMILES string of the molecule is CCC(c1c[nH]c2c(Br)cc(F)cc12)C(C)C. The summed E-state index contributed by atoms with van der Waals surface area (Å²) < 4.78 is 14.3. The first-order valence-electron chi connectivity index (χ1n) is 6.00. The first kappa shape index (κ1) is 12.6. The molecule has 17 heavy (non-hydrogen) atoms. The third-order valence-electron chi connectivity index (χ3n) is 3.38. The molecule has 3 heteroatoms. The lowest BCUT2D eigenvalue weighted by atomic mass is 9.86. The number of halogens is 2. The van der Waals surface area contributed by atoms with E-state index in [1.165, 1.54) is 11.6 Å². The van der Waals surface area contributed by atoms with E-state index >= 15 is 0 Å². The van der Waals surface area contributed by atoms with Crippen LogP contribution in [0.25, 0.3) is 10.9 Å². The van der Waals surface area contributed by atoms with Gasteiger partial charge in [-0.05, 0) is 51.9 Å². The molecule has 0 amide bonds. The van der Waals surface area contributed by atoms with Crippen LogP contribution < -0.4 is 0 Å². The molecule has 0 bridgehead atoms. The third-order valence-corrected chi connectivity index (χ3v) is 4.01. The van der Waals surface area contributed by atoms with Gasteiger partial charge in [-0.25, -0.2) is 4.39 Å². The zero-order valence-electron chi connectivity index (χ0n) is 10.3. The molecule has 2 rings (SSSR count). The minimum absolute atomic E-state index is 0.191. The summed E-state index contributed by atoms with van der Waals surface area (Å²) in [5.74, 6) is 0.835. The normalized spacial score (nSPS) is 13.5. The molecule has 0 radical (unpaired) electrons. The third kappa shape index (κ3) is 2.25. The van der Waals surface area contributed by atoms with Gasteiger partial charge in [0.2, 0.25) is 0 Å². The predicted molar refractivity (Wildman–Crippen MR) is 73.8 cm³/mol. The highest BCUT2D eigenvalue weighted by Gasteiger charge is 2.18. The van der Waals surface area contributed by atoms with Gasteiger partial charge in [0.15, 0.2) is 0 Å². The second-order valence-corrected chi connectivity index (χ2v) is 5.67.